The first kappa shape index (κ1) is 18.5. The minimum Gasteiger partial charge on any atom is -0.496 e. The Morgan fingerprint density at radius 1 is 1.08 bits per heavy atom. The van der Waals surface area contributed by atoms with Crippen molar-refractivity contribution in [3.63, 3.8) is 0 Å². The average Bonchev–Trinajstić information content (AvgIpc) is 2.61. The Hall–Kier alpha value is -2.82. The number of hydrogen-bond acceptors (Lipinski definition) is 3. The van der Waals surface area contributed by atoms with E-state index in [1.54, 1.807) is 7.11 Å². The number of amides is 1. The number of carboxylic acids is 1. The quantitative estimate of drug-likeness (QED) is 0.800. The minimum atomic E-state index is -1.02. The molecule has 2 aromatic carbocycles. The van der Waals surface area contributed by atoms with E-state index in [0.717, 1.165) is 16.9 Å². The van der Waals surface area contributed by atoms with Crippen molar-refractivity contribution in [2.24, 2.45) is 0 Å². The fourth-order valence-corrected chi connectivity index (χ4v) is 2.77. The Bertz CT molecular complexity index is 715. The predicted molar refractivity (Wildman–Crippen MR) is 95.5 cm³/mol. The van der Waals surface area contributed by atoms with Gasteiger partial charge in [0.1, 0.15) is 12.3 Å². The normalized spacial score (nSPS) is 11.6. The van der Waals surface area contributed by atoms with Crippen molar-refractivity contribution in [2.75, 3.05) is 13.7 Å². The van der Waals surface area contributed by atoms with E-state index >= 15 is 0 Å². The van der Waals surface area contributed by atoms with Crippen LogP contribution in [0.3, 0.4) is 0 Å². The molecule has 0 aliphatic rings. The maximum Gasteiger partial charge on any atom is 0.323 e. The molecular formula is C20H23NO4. The van der Waals surface area contributed by atoms with Crippen molar-refractivity contribution in [2.45, 2.75) is 25.8 Å². The SMILES string of the molecule is COc1ccccc1C(C)CC(=O)N(CC(=O)O)Cc1ccccc1. The number of carboxylic acid groups (broad SMARTS) is 1. The second-order valence-corrected chi connectivity index (χ2v) is 5.98. The first-order chi connectivity index (χ1) is 12.0. The third-order valence-electron chi connectivity index (χ3n) is 4.05. The number of carbonyl (C=O) groups excluding carboxylic acids is 1. The molecule has 2 aromatic rings. The molecule has 1 N–H and O–H groups in total. The van der Waals surface area contributed by atoms with E-state index in [2.05, 4.69) is 0 Å². The Labute approximate surface area is 147 Å². The first-order valence-electron chi connectivity index (χ1n) is 8.17. The molecule has 25 heavy (non-hydrogen) atoms. The number of ether oxygens (including phenoxy) is 1. The fraction of sp³-hybridized carbons (Fsp3) is 0.300. The van der Waals surface area contributed by atoms with Crippen LogP contribution in [0.1, 0.15) is 30.4 Å². The molecule has 1 unspecified atom stereocenters. The van der Waals surface area contributed by atoms with Gasteiger partial charge in [-0.05, 0) is 23.1 Å². The van der Waals surface area contributed by atoms with Crippen LogP contribution in [0, 0.1) is 0 Å². The summed E-state index contributed by atoms with van der Waals surface area (Å²) in [6.07, 6.45) is 0.223. The summed E-state index contributed by atoms with van der Waals surface area (Å²) in [5, 5.41) is 9.13. The number of aliphatic carboxylic acids is 1. The molecule has 1 amide bonds. The molecule has 0 aliphatic carbocycles. The summed E-state index contributed by atoms with van der Waals surface area (Å²) in [5.74, 6) is -0.551. The second-order valence-electron chi connectivity index (χ2n) is 5.98. The molecule has 2 rings (SSSR count). The van der Waals surface area contributed by atoms with Crippen LogP contribution in [0.4, 0.5) is 0 Å². The van der Waals surface area contributed by atoms with Gasteiger partial charge >= 0.3 is 5.97 Å². The number of rotatable bonds is 8. The van der Waals surface area contributed by atoms with E-state index in [1.807, 2.05) is 61.5 Å². The highest BCUT2D eigenvalue weighted by Gasteiger charge is 2.21. The molecule has 132 valence electrons. The highest BCUT2D eigenvalue weighted by atomic mass is 16.5. The summed E-state index contributed by atoms with van der Waals surface area (Å²) in [6, 6.07) is 17.0. The van der Waals surface area contributed by atoms with Gasteiger partial charge in [-0.2, -0.15) is 0 Å². The molecule has 0 fully saturated rings. The van der Waals surface area contributed by atoms with Crippen molar-refractivity contribution < 1.29 is 19.4 Å². The number of methoxy groups -OCH3 is 1. The zero-order chi connectivity index (χ0) is 18.2. The van der Waals surface area contributed by atoms with Gasteiger partial charge in [0.15, 0.2) is 0 Å². The number of para-hydroxylation sites is 1. The van der Waals surface area contributed by atoms with Crippen LogP contribution in [0.2, 0.25) is 0 Å². The van der Waals surface area contributed by atoms with Crippen molar-refractivity contribution in [3.05, 3.63) is 65.7 Å². The van der Waals surface area contributed by atoms with Crippen molar-refractivity contribution in [1.82, 2.24) is 4.90 Å². The first-order valence-corrected chi connectivity index (χ1v) is 8.17. The monoisotopic (exact) mass is 341 g/mol. The van der Waals surface area contributed by atoms with Crippen LogP contribution in [0.15, 0.2) is 54.6 Å². The molecule has 1 atom stereocenters. The largest absolute Gasteiger partial charge is 0.496 e. The van der Waals surface area contributed by atoms with Gasteiger partial charge in [0.2, 0.25) is 5.91 Å². The summed E-state index contributed by atoms with van der Waals surface area (Å²) < 4.78 is 5.35. The minimum absolute atomic E-state index is 0.0734. The molecular weight excluding hydrogens is 318 g/mol. The van der Waals surface area contributed by atoms with Crippen molar-refractivity contribution >= 4 is 11.9 Å². The lowest BCUT2D eigenvalue weighted by Crippen LogP contribution is -2.35. The summed E-state index contributed by atoms with van der Waals surface area (Å²) in [7, 11) is 1.60. The average molecular weight is 341 g/mol. The van der Waals surface area contributed by atoms with Gasteiger partial charge in [-0.1, -0.05) is 55.5 Å². The molecule has 0 bridgehead atoms. The molecule has 5 nitrogen and oxygen atoms in total. The summed E-state index contributed by atoms with van der Waals surface area (Å²) in [6.45, 7) is 1.91. The summed E-state index contributed by atoms with van der Waals surface area (Å²) in [4.78, 5) is 25.2. The fourth-order valence-electron chi connectivity index (χ4n) is 2.77. The number of nitrogens with zero attached hydrogens (tertiary/aromatic N) is 1. The zero-order valence-electron chi connectivity index (χ0n) is 14.5. The standard InChI is InChI=1S/C20H23NO4/c1-15(17-10-6-7-11-18(17)25-2)12-19(22)21(14-20(23)24)13-16-8-4-3-5-9-16/h3-11,15H,12-14H2,1-2H3,(H,23,24). The zero-order valence-corrected chi connectivity index (χ0v) is 14.5. The second kappa shape index (κ2) is 8.87. The predicted octanol–water partition coefficient (Wildman–Crippen LogP) is 3.30. The summed E-state index contributed by atoms with van der Waals surface area (Å²) >= 11 is 0. The van der Waals surface area contributed by atoms with Gasteiger partial charge in [0.25, 0.3) is 0 Å². The molecule has 0 heterocycles. The van der Waals surface area contributed by atoms with Gasteiger partial charge in [-0.3, -0.25) is 9.59 Å². The van der Waals surface area contributed by atoms with Gasteiger partial charge in [-0.25, -0.2) is 0 Å². The molecule has 5 heteroatoms. The highest BCUT2D eigenvalue weighted by molar-refractivity contribution is 5.82. The van der Waals surface area contributed by atoms with Gasteiger partial charge in [-0.15, -0.1) is 0 Å². The van der Waals surface area contributed by atoms with Crippen LogP contribution in [0.5, 0.6) is 5.75 Å². The number of benzene rings is 2. The molecule has 0 saturated carbocycles. The van der Waals surface area contributed by atoms with Crippen molar-refractivity contribution in [1.29, 1.82) is 0 Å². The van der Waals surface area contributed by atoms with Gasteiger partial charge in [0, 0.05) is 13.0 Å². The smallest absolute Gasteiger partial charge is 0.323 e. The lowest BCUT2D eigenvalue weighted by molar-refractivity contribution is -0.145. The van der Waals surface area contributed by atoms with E-state index in [4.69, 9.17) is 9.84 Å². The van der Waals surface area contributed by atoms with E-state index in [0.29, 0.717) is 0 Å². The molecule has 0 saturated heterocycles. The van der Waals surface area contributed by atoms with Gasteiger partial charge < -0.3 is 14.7 Å². The lowest BCUT2D eigenvalue weighted by atomic mass is 9.96. The lowest BCUT2D eigenvalue weighted by Gasteiger charge is -2.23. The Kier molecular flexibility index (Phi) is 6.57. The van der Waals surface area contributed by atoms with E-state index in [1.165, 1.54) is 4.90 Å². The number of carbonyl (C=O) groups is 2. The summed E-state index contributed by atoms with van der Waals surface area (Å²) in [5.41, 5.74) is 1.84. The number of hydrogen-bond donors (Lipinski definition) is 1. The molecule has 0 spiro atoms. The third kappa shape index (κ3) is 5.35. The van der Waals surface area contributed by atoms with Crippen LogP contribution < -0.4 is 4.74 Å². The van der Waals surface area contributed by atoms with Crippen LogP contribution in [-0.4, -0.2) is 35.5 Å². The Morgan fingerprint density at radius 3 is 2.36 bits per heavy atom. The Balaban J connectivity index is 2.11. The molecule has 0 aromatic heterocycles. The topological polar surface area (TPSA) is 66.8 Å². The Morgan fingerprint density at radius 2 is 1.72 bits per heavy atom. The van der Waals surface area contributed by atoms with E-state index < -0.39 is 5.97 Å². The van der Waals surface area contributed by atoms with Crippen molar-refractivity contribution in [3.8, 4) is 5.75 Å². The van der Waals surface area contributed by atoms with Crippen LogP contribution in [0.25, 0.3) is 0 Å². The molecule has 0 aliphatic heterocycles. The van der Waals surface area contributed by atoms with Gasteiger partial charge in [0.05, 0.1) is 7.11 Å². The molecule has 0 radical (unpaired) electrons. The van der Waals surface area contributed by atoms with E-state index in [-0.39, 0.29) is 31.3 Å². The maximum absolute atomic E-state index is 12.7. The maximum atomic E-state index is 12.7. The van der Waals surface area contributed by atoms with E-state index in [9.17, 15) is 9.59 Å². The van der Waals surface area contributed by atoms with Crippen LogP contribution in [-0.2, 0) is 16.1 Å². The third-order valence-corrected chi connectivity index (χ3v) is 4.05. The highest BCUT2D eigenvalue weighted by Crippen LogP contribution is 2.29. The van der Waals surface area contributed by atoms with Crippen LogP contribution >= 0.6 is 0 Å².